The first-order chi connectivity index (χ1) is 15.0. The monoisotopic (exact) mass is 500 g/mol. The van der Waals surface area contributed by atoms with E-state index in [0.717, 1.165) is 17.7 Å². The number of rotatable bonds is 6. The topological polar surface area (TPSA) is 59.8 Å². The first-order valence-corrected chi connectivity index (χ1v) is 10.8. The van der Waals surface area contributed by atoms with E-state index in [1.165, 1.54) is 17.8 Å². The average Bonchev–Trinajstić information content (AvgIpc) is 3.08. The molecule has 156 valence electrons. The Hall–Kier alpha value is -3.04. The van der Waals surface area contributed by atoms with Crippen LogP contribution in [0.3, 0.4) is 0 Å². The summed E-state index contributed by atoms with van der Waals surface area (Å²) in [5.41, 5.74) is 0.834. The molecule has 0 radical (unpaired) electrons. The third-order valence-electron chi connectivity index (χ3n) is 4.31. The maximum atomic E-state index is 14.0. The van der Waals surface area contributed by atoms with Crippen LogP contribution in [0.25, 0.3) is 0 Å². The van der Waals surface area contributed by atoms with Gasteiger partial charge in [-0.3, -0.25) is 4.79 Å². The molecule has 1 aromatic heterocycles. The highest BCUT2D eigenvalue weighted by atomic mass is 79.9. The fourth-order valence-electron chi connectivity index (χ4n) is 2.89. The number of carbonyl (C=O) groups excluding carboxylic acids is 1. The van der Waals surface area contributed by atoms with Gasteiger partial charge in [-0.15, -0.1) is 5.10 Å². The summed E-state index contributed by atoms with van der Waals surface area (Å²) < 4.78 is 30.1. The summed E-state index contributed by atoms with van der Waals surface area (Å²) in [6, 6.07) is 20.1. The minimum Gasteiger partial charge on any atom is -0.321 e. The number of hydrogen-bond donors (Lipinski definition) is 1. The number of amides is 1. The van der Waals surface area contributed by atoms with Crippen molar-refractivity contribution in [1.82, 2.24) is 14.8 Å². The lowest BCUT2D eigenvalue weighted by Crippen LogP contribution is -2.16. The Labute approximate surface area is 189 Å². The van der Waals surface area contributed by atoms with E-state index >= 15 is 0 Å². The largest absolute Gasteiger partial charge is 0.321 e. The van der Waals surface area contributed by atoms with Crippen molar-refractivity contribution in [2.24, 2.45) is 0 Å². The van der Waals surface area contributed by atoms with Crippen LogP contribution in [0.4, 0.5) is 14.5 Å². The summed E-state index contributed by atoms with van der Waals surface area (Å²) in [4.78, 5) is 17.6. The Morgan fingerprint density at radius 1 is 0.968 bits per heavy atom. The average molecular weight is 501 g/mol. The Bertz CT molecular complexity index is 1210. The summed E-state index contributed by atoms with van der Waals surface area (Å²) in [7, 11) is 0. The molecule has 4 rings (SSSR count). The number of benzene rings is 3. The van der Waals surface area contributed by atoms with Crippen LogP contribution < -0.4 is 5.32 Å². The number of para-hydroxylation sites is 1. The highest BCUT2D eigenvalue weighted by molar-refractivity contribution is 9.10. The van der Waals surface area contributed by atoms with Crippen molar-refractivity contribution in [2.45, 2.75) is 16.6 Å². The van der Waals surface area contributed by atoms with Crippen LogP contribution in [0.5, 0.6) is 0 Å². The smallest absolute Gasteiger partial charge is 0.261 e. The van der Waals surface area contributed by atoms with Gasteiger partial charge in [-0.05, 0) is 57.5 Å². The minimum atomic E-state index is -0.922. The fraction of sp³-hybridized carbons (Fsp3) is 0.0455. The third-order valence-corrected chi connectivity index (χ3v) is 5.71. The van der Waals surface area contributed by atoms with Crippen LogP contribution in [0.1, 0.15) is 15.9 Å². The van der Waals surface area contributed by atoms with Crippen molar-refractivity contribution in [3.05, 3.63) is 100 Å². The van der Waals surface area contributed by atoms with Gasteiger partial charge < -0.3 is 5.32 Å². The molecule has 1 heterocycles. The van der Waals surface area contributed by atoms with E-state index in [4.69, 9.17) is 0 Å². The van der Waals surface area contributed by atoms with Gasteiger partial charge >= 0.3 is 0 Å². The molecule has 0 fully saturated rings. The maximum Gasteiger partial charge on any atom is 0.261 e. The van der Waals surface area contributed by atoms with Crippen LogP contribution in [0.15, 0.2) is 87.6 Å². The van der Waals surface area contributed by atoms with E-state index in [-0.39, 0.29) is 0 Å². The summed E-state index contributed by atoms with van der Waals surface area (Å²) >= 11 is 4.59. The molecule has 5 nitrogen and oxygen atoms in total. The van der Waals surface area contributed by atoms with Gasteiger partial charge in [0.15, 0.2) is 5.16 Å². The molecule has 0 aliphatic heterocycles. The molecule has 0 bridgehead atoms. The number of nitrogens with zero attached hydrogens (tertiary/aromatic N) is 3. The summed E-state index contributed by atoms with van der Waals surface area (Å²) in [6.45, 7) is 0.511. The second-order valence-corrected chi connectivity index (χ2v) is 8.17. The van der Waals surface area contributed by atoms with E-state index < -0.39 is 23.1 Å². The lowest BCUT2D eigenvalue weighted by molar-refractivity contribution is 0.101. The molecule has 9 heteroatoms. The van der Waals surface area contributed by atoms with E-state index in [1.807, 2.05) is 30.3 Å². The molecule has 0 saturated heterocycles. The molecule has 31 heavy (non-hydrogen) atoms. The van der Waals surface area contributed by atoms with Crippen molar-refractivity contribution >= 4 is 39.3 Å². The molecule has 0 unspecified atom stereocenters. The lowest BCUT2D eigenvalue weighted by Gasteiger charge is -2.12. The Morgan fingerprint density at radius 3 is 2.39 bits per heavy atom. The molecular formula is C22H15BrF2N4OS. The van der Waals surface area contributed by atoms with Crippen molar-refractivity contribution in [3.8, 4) is 0 Å². The van der Waals surface area contributed by atoms with Gasteiger partial charge in [-0.1, -0.05) is 48.5 Å². The first kappa shape index (κ1) is 21.2. The molecule has 1 N–H and O–H groups in total. The van der Waals surface area contributed by atoms with E-state index in [2.05, 4.69) is 31.3 Å². The van der Waals surface area contributed by atoms with Gasteiger partial charge in [0.05, 0.1) is 12.2 Å². The molecule has 4 aromatic rings. The van der Waals surface area contributed by atoms with Crippen molar-refractivity contribution < 1.29 is 13.6 Å². The van der Waals surface area contributed by atoms with E-state index in [1.54, 1.807) is 28.9 Å². The Balaban J connectivity index is 1.60. The van der Waals surface area contributed by atoms with Gasteiger partial charge in [0, 0.05) is 4.90 Å². The Morgan fingerprint density at radius 2 is 1.65 bits per heavy atom. The second kappa shape index (κ2) is 9.40. The molecule has 0 aliphatic carbocycles. The van der Waals surface area contributed by atoms with Crippen LogP contribution in [-0.4, -0.2) is 20.7 Å². The summed E-state index contributed by atoms with van der Waals surface area (Å²) in [6.07, 6.45) is 0. The quantitative estimate of drug-likeness (QED) is 0.365. The van der Waals surface area contributed by atoms with Crippen LogP contribution in [0, 0.1) is 11.6 Å². The molecule has 3 aromatic carbocycles. The molecular weight excluding hydrogens is 486 g/mol. The fourth-order valence-corrected chi connectivity index (χ4v) is 4.29. The zero-order chi connectivity index (χ0) is 21.8. The zero-order valence-corrected chi connectivity index (χ0v) is 18.3. The Kier molecular flexibility index (Phi) is 6.43. The number of carbonyl (C=O) groups is 1. The number of aromatic nitrogens is 3. The van der Waals surface area contributed by atoms with E-state index in [0.29, 0.717) is 27.0 Å². The summed E-state index contributed by atoms with van der Waals surface area (Å²) in [5.74, 6) is -2.71. The molecule has 0 atom stereocenters. The van der Waals surface area contributed by atoms with Crippen molar-refractivity contribution in [3.63, 3.8) is 0 Å². The maximum absolute atomic E-state index is 14.0. The number of nitrogens with one attached hydrogen (secondary N) is 1. The lowest BCUT2D eigenvalue weighted by atomic mass is 10.2. The SMILES string of the molecule is O=C(Nc1ccccc1Sc1nc(Br)nn1Cc1ccccc1)c1c(F)cccc1F. The van der Waals surface area contributed by atoms with E-state index in [9.17, 15) is 13.6 Å². The third kappa shape index (κ3) is 5.00. The number of halogens is 3. The van der Waals surface area contributed by atoms with Crippen molar-refractivity contribution in [1.29, 1.82) is 0 Å². The second-order valence-electron chi connectivity index (χ2n) is 6.46. The zero-order valence-electron chi connectivity index (χ0n) is 15.9. The highest BCUT2D eigenvalue weighted by Gasteiger charge is 2.19. The molecule has 0 aliphatic rings. The van der Waals surface area contributed by atoms with Gasteiger partial charge in [-0.2, -0.15) is 4.98 Å². The number of anilines is 1. The molecule has 0 spiro atoms. The standard InChI is InChI=1S/C22H15BrF2N4OS/c23-21-27-22(29(28-21)13-14-7-2-1-3-8-14)31-18-12-5-4-11-17(18)26-20(30)19-15(24)9-6-10-16(19)25/h1-12H,13H2,(H,26,30). The number of hydrogen-bond acceptors (Lipinski definition) is 4. The normalized spacial score (nSPS) is 10.8. The summed E-state index contributed by atoms with van der Waals surface area (Å²) in [5, 5.41) is 7.57. The predicted octanol–water partition coefficient (Wildman–Crippen LogP) is 5.77. The first-order valence-electron chi connectivity index (χ1n) is 9.18. The van der Waals surface area contributed by atoms with Gasteiger partial charge in [0.1, 0.15) is 17.2 Å². The van der Waals surface area contributed by atoms with Crippen molar-refractivity contribution in [2.75, 3.05) is 5.32 Å². The molecule has 0 saturated carbocycles. The van der Waals surface area contributed by atoms with Crippen LogP contribution in [0.2, 0.25) is 0 Å². The molecule has 1 amide bonds. The van der Waals surface area contributed by atoms with Gasteiger partial charge in [0.25, 0.3) is 5.91 Å². The van der Waals surface area contributed by atoms with Gasteiger partial charge in [-0.25, -0.2) is 13.5 Å². The highest BCUT2D eigenvalue weighted by Crippen LogP contribution is 2.33. The minimum absolute atomic E-state index is 0.408. The van der Waals surface area contributed by atoms with Crippen LogP contribution in [-0.2, 0) is 6.54 Å². The van der Waals surface area contributed by atoms with Crippen LogP contribution >= 0.6 is 27.7 Å². The van der Waals surface area contributed by atoms with Gasteiger partial charge in [0.2, 0.25) is 4.73 Å². The predicted molar refractivity (Wildman–Crippen MR) is 118 cm³/mol.